The van der Waals surface area contributed by atoms with Crippen LogP contribution in [0.3, 0.4) is 0 Å². The van der Waals surface area contributed by atoms with Crippen molar-refractivity contribution in [1.82, 2.24) is 0 Å². The highest BCUT2D eigenvalue weighted by molar-refractivity contribution is 5.34. The summed E-state index contributed by atoms with van der Waals surface area (Å²) < 4.78 is 0. The van der Waals surface area contributed by atoms with Crippen molar-refractivity contribution in [2.24, 2.45) is 9.98 Å². The van der Waals surface area contributed by atoms with Crippen LogP contribution in [-0.4, -0.2) is 24.2 Å². The summed E-state index contributed by atoms with van der Waals surface area (Å²) in [6.45, 7) is 0. The predicted molar refractivity (Wildman–Crippen MR) is 70.0 cm³/mol. The third-order valence-corrected chi connectivity index (χ3v) is 3.64. The predicted octanol–water partition coefficient (Wildman–Crippen LogP) is 3.31. The van der Waals surface area contributed by atoms with Gasteiger partial charge in [0.15, 0.2) is 0 Å². The zero-order chi connectivity index (χ0) is 13.1. The van der Waals surface area contributed by atoms with Crippen LogP contribution in [0.5, 0.6) is 0 Å². The lowest BCUT2D eigenvalue weighted by molar-refractivity contribution is 0.394. The molecule has 2 rings (SSSR count). The van der Waals surface area contributed by atoms with Gasteiger partial charge in [-0.3, -0.25) is 0 Å². The molecule has 0 heterocycles. The lowest BCUT2D eigenvalue weighted by Gasteiger charge is -2.20. The molecule has 0 amide bonds. The molecule has 0 aromatic heterocycles. The quantitative estimate of drug-likeness (QED) is 0.557. The highest BCUT2D eigenvalue weighted by Gasteiger charge is 2.19. The fourth-order valence-electron chi connectivity index (χ4n) is 2.53. The molecule has 0 bridgehead atoms. The van der Waals surface area contributed by atoms with E-state index in [-0.39, 0.29) is 12.1 Å². The van der Waals surface area contributed by atoms with Crippen molar-refractivity contribution < 1.29 is 9.59 Å². The monoisotopic (exact) mass is 250 g/mol. The molecule has 18 heavy (non-hydrogen) atoms. The van der Waals surface area contributed by atoms with Crippen molar-refractivity contribution in [3.8, 4) is 0 Å². The van der Waals surface area contributed by atoms with Crippen LogP contribution >= 0.6 is 0 Å². The molecule has 100 valence electrons. The molecule has 0 aromatic carbocycles. The first-order valence-electron chi connectivity index (χ1n) is 7.00. The minimum Gasteiger partial charge on any atom is -0.211 e. The fraction of sp³-hybridized carbons (Fsp3) is 0.857. The average molecular weight is 250 g/mol. The first kappa shape index (κ1) is 14.8. The van der Waals surface area contributed by atoms with E-state index >= 15 is 0 Å². The largest absolute Gasteiger partial charge is 0.235 e. The van der Waals surface area contributed by atoms with E-state index in [1.165, 1.54) is 38.5 Å². The summed E-state index contributed by atoms with van der Waals surface area (Å²) >= 11 is 0. The molecule has 2 aliphatic rings. The molecule has 2 saturated carbocycles. The van der Waals surface area contributed by atoms with Gasteiger partial charge in [-0.15, -0.1) is 0 Å². The topological polar surface area (TPSA) is 58.9 Å². The third kappa shape index (κ3) is 6.48. The van der Waals surface area contributed by atoms with Crippen molar-refractivity contribution in [2.45, 2.75) is 76.3 Å². The molecule has 0 spiro atoms. The molecule has 2 aliphatic carbocycles. The summed E-state index contributed by atoms with van der Waals surface area (Å²) in [6, 6.07) is 0.196. The van der Waals surface area contributed by atoms with Gasteiger partial charge >= 0.3 is 0 Å². The normalized spacial score (nSPS) is 26.9. The van der Waals surface area contributed by atoms with Gasteiger partial charge in [-0.2, -0.15) is 0 Å². The molecule has 0 unspecified atom stereocenters. The molecule has 0 N–H and O–H groups in total. The minimum atomic E-state index is 0.0978. The Bertz CT molecular complexity index is 268. The standard InChI is InChI=1S/C8H10N2O2.C6H12/c11-5-9-7-1-2-8(4-3-7)10-6-12;1-2-4-6-5-3-1/h7-8H,1-4H2;1-6H2. The smallest absolute Gasteiger partial charge is 0.211 e. The number of nitrogens with zero attached hydrogens (tertiary/aromatic N) is 2. The van der Waals surface area contributed by atoms with Crippen LogP contribution in [-0.2, 0) is 9.59 Å². The minimum absolute atomic E-state index is 0.0978. The number of hydrogen-bond acceptors (Lipinski definition) is 4. The van der Waals surface area contributed by atoms with Crippen LogP contribution in [0.25, 0.3) is 0 Å². The molecule has 0 aliphatic heterocycles. The summed E-state index contributed by atoms with van der Waals surface area (Å²) in [5.41, 5.74) is 0. The average Bonchev–Trinajstić information content (AvgIpc) is 2.44. The summed E-state index contributed by atoms with van der Waals surface area (Å²) in [7, 11) is 0. The second kappa shape index (κ2) is 9.76. The van der Waals surface area contributed by atoms with Gasteiger partial charge in [0.1, 0.15) is 0 Å². The Kier molecular flexibility index (Phi) is 8.03. The van der Waals surface area contributed by atoms with Crippen LogP contribution < -0.4 is 0 Å². The summed E-state index contributed by atoms with van der Waals surface area (Å²) in [4.78, 5) is 27.1. The third-order valence-electron chi connectivity index (χ3n) is 3.64. The first-order valence-corrected chi connectivity index (χ1v) is 7.00. The summed E-state index contributed by atoms with van der Waals surface area (Å²) in [5.74, 6) is 0. The van der Waals surface area contributed by atoms with Gasteiger partial charge in [-0.1, -0.05) is 38.5 Å². The summed E-state index contributed by atoms with van der Waals surface area (Å²) in [5, 5.41) is 0. The second-order valence-electron chi connectivity index (χ2n) is 5.02. The SMILES string of the molecule is C1CCCCC1.O=C=NC1CCC(N=C=O)CC1. The fourth-order valence-corrected chi connectivity index (χ4v) is 2.53. The van der Waals surface area contributed by atoms with E-state index in [0.29, 0.717) is 0 Å². The number of isocyanates is 2. The van der Waals surface area contributed by atoms with E-state index < -0.39 is 0 Å². The number of aliphatic imine (C=N–C) groups is 2. The number of carbonyl (C=O) groups excluding carboxylic acids is 2. The van der Waals surface area contributed by atoms with Gasteiger partial charge in [-0.25, -0.2) is 19.6 Å². The van der Waals surface area contributed by atoms with Crippen molar-refractivity contribution in [1.29, 1.82) is 0 Å². The molecule has 4 nitrogen and oxygen atoms in total. The van der Waals surface area contributed by atoms with Gasteiger partial charge in [0.25, 0.3) is 0 Å². The zero-order valence-electron chi connectivity index (χ0n) is 10.9. The van der Waals surface area contributed by atoms with Gasteiger partial charge in [0.05, 0.1) is 12.1 Å². The maximum Gasteiger partial charge on any atom is 0.235 e. The van der Waals surface area contributed by atoms with Gasteiger partial charge in [0, 0.05) is 0 Å². The van der Waals surface area contributed by atoms with E-state index in [0.717, 1.165) is 25.7 Å². The van der Waals surface area contributed by atoms with Crippen molar-refractivity contribution in [3.63, 3.8) is 0 Å². The molecule has 0 atom stereocenters. The highest BCUT2D eigenvalue weighted by atomic mass is 16.1. The van der Waals surface area contributed by atoms with E-state index in [4.69, 9.17) is 0 Å². The van der Waals surface area contributed by atoms with E-state index in [9.17, 15) is 9.59 Å². The van der Waals surface area contributed by atoms with Gasteiger partial charge in [-0.05, 0) is 25.7 Å². The van der Waals surface area contributed by atoms with Crippen LogP contribution in [0.2, 0.25) is 0 Å². The maximum atomic E-state index is 9.90. The molecule has 4 heteroatoms. The lowest BCUT2D eigenvalue weighted by Crippen LogP contribution is -2.19. The van der Waals surface area contributed by atoms with Crippen molar-refractivity contribution in [3.05, 3.63) is 0 Å². The van der Waals surface area contributed by atoms with Crippen LogP contribution in [0.1, 0.15) is 64.2 Å². The summed E-state index contributed by atoms with van der Waals surface area (Å²) in [6.07, 6.45) is 15.4. The molecular formula is C14H22N2O2. The van der Waals surface area contributed by atoms with Crippen molar-refractivity contribution in [2.75, 3.05) is 0 Å². The highest BCUT2D eigenvalue weighted by Crippen LogP contribution is 2.22. The Hall–Kier alpha value is -1.24. The lowest BCUT2D eigenvalue weighted by atomic mass is 9.92. The molecule has 0 saturated heterocycles. The zero-order valence-corrected chi connectivity index (χ0v) is 10.9. The Labute approximate surface area is 109 Å². The first-order chi connectivity index (χ1) is 8.86. The van der Waals surface area contributed by atoms with Crippen LogP contribution in [0.15, 0.2) is 9.98 Å². The second-order valence-corrected chi connectivity index (χ2v) is 5.02. The van der Waals surface area contributed by atoms with Crippen molar-refractivity contribution >= 4 is 12.2 Å². The van der Waals surface area contributed by atoms with Gasteiger partial charge in [0.2, 0.25) is 12.2 Å². The Balaban J connectivity index is 0.000000225. The van der Waals surface area contributed by atoms with Gasteiger partial charge < -0.3 is 0 Å². The molecule has 0 aromatic rings. The van der Waals surface area contributed by atoms with Crippen LogP contribution in [0, 0.1) is 0 Å². The Morgan fingerprint density at radius 1 is 0.611 bits per heavy atom. The van der Waals surface area contributed by atoms with E-state index in [1.807, 2.05) is 0 Å². The van der Waals surface area contributed by atoms with E-state index in [2.05, 4.69) is 9.98 Å². The Morgan fingerprint density at radius 3 is 1.11 bits per heavy atom. The van der Waals surface area contributed by atoms with Crippen LogP contribution in [0.4, 0.5) is 0 Å². The maximum absolute atomic E-state index is 9.90. The molecule has 0 radical (unpaired) electrons. The number of rotatable bonds is 2. The Morgan fingerprint density at radius 2 is 0.889 bits per heavy atom. The number of hydrogen-bond donors (Lipinski definition) is 0. The van der Waals surface area contributed by atoms with E-state index in [1.54, 1.807) is 12.2 Å². The molecular weight excluding hydrogens is 228 g/mol. The molecule has 2 fully saturated rings.